The minimum atomic E-state index is -3.58. The van der Waals surface area contributed by atoms with Gasteiger partial charge in [0.2, 0.25) is 10.0 Å². The molecule has 0 atom stereocenters. The molecule has 2 rings (SSSR count). The molecule has 20 heavy (non-hydrogen) atoms. The molecule has 0 aliphatic heterocycles. The van der Waals surface area contributed by atoms with Crippen LogP contribution < -0.4 is 10.5 Å². The third-order valence-corrected chi connectivity index (χ3v) is 5.93. The molecule has 0 saturated heterocycles. The zero-order valence-corrected chi connectivity index (χ0v) is 14.0. The van der Waals surface area contributed by atoms with Crippen molar-refractivity contribution < 1.29 is 8.42 Å². The summed E-state index contributed by atoms with van der Waals surface area (Å²) in [6.45, 7) is 2.28. The van der Waals surface area contributed by atoms with E-state index in [2.05, 4.69) is 25.6 Å². The van der Waals surface area contributed by atoms with Crippen LogP contribution in [0.25, 0.3) is 0 Å². The highest BCUT2D eigenvalue weighted by Gasteiger charge is 2.19. The number of aromatic nitrogens is 1. The highest BCUT2D eigenvalue weighted by molar-refractivity contribution is 9.10. The third-order valence-electron chi connectivity index (χ3n) is 2.80. The molecule has 3 N–H and O–H groups in total. The average molecular weight is 376 g/mol. The second kappa shape index (κ2) is 6.31. The third kappa shape index (κ3) is 3.44. The van der Waals surface area contributed by atoms with Gasteiger partial charge in [0, 0.05) is 28.6 Å². The van der Waals surface area contributed by atoms with E-state index in [1.165, 1.54) is 11.3 Å². The Morgan fingerprint density at radius 2 is 2.20 bits per heavy atom. The Kier molecular flexibility index (Phi) is 4.92. The number of nitrogens with zero attached hydrogens (tertiary/aromatic N) is 1. The first-order chi connectivity index (χ1) is 9.44. The van der Waals surface area contributed by atoms with Crippen LogP contribution in [-0.2, 0) is 23.1 Å². The standard InChI is InChI=1S/C12H14BrN3O2S2/c1-8-11(13)2-9(4-14)3-12(8)20(17,18)16-6-10-5-15-7-19-10/h2-3,5,7,16H,4,6,14H2,1H3. The van der Waals surface area contributed by atoms with Gasteiger partial charge >= 0.3 is 0 Å². The normalized spacial score (nSPS) is 11.8. The van der Waals surface area contributed by atoms with E-state index < -0.39 is 10.0 Å². The molecular weight excluding hydrogens is 362 g/mol. The van der Waals surface area contributed by atoms with E-state index in [1.807, 2.05) is 6.07 Å². The van der Waals surface area contributed by atoms with Gasteiger partial charge in [-0.2, -0.15) is 0 Å². The number of sulfonamides is 1. The summed E-state index contributed by atoms with van der Waals surface area (Å²) in [6, 6.07) is 3.44. The number of hydrogen-bond donors (Lipinski definition) is 2. The van der Waals surface area contributed by atoms with Crippen LogP contribution in [0.15, 0.2) is 33.2 Å². The summed E-state index contributed by atoms with van der Waals surface area (Å²) in [7, 11) is -3.58. The van der Waals surface area contributed by atoms with Crippen LogP contribution in [0.5, 0.6) is 0 Å². The molecule has 0 aliphatic carbocycles. The lowest BCUT2D eigenvalue weighted by molar-refractivity contribution is 0.581. The van der Waals surface area contributed by atoms with E-state index in [0.29, 0.717) is 5.56 Å². The fraction of sp³-hybridized carbons (Fsp3) is 0.250. The Labute approximate surface area is 130 Å². The van der Waals surface area contributed by atoms with Crippen molar-refractivity contribution in [2.75, 3.05) is 0 Å². The molecule has 108 valence electrons. The van der Waals surface area contributed by atoms with Gasteiger partial charge in [0.05, 0.1) is 10.4 Å². The molecule has 0 unspecified atom stereocenters. The first kappa shape index (κ1) is 15.6. The summed E-state index contributed by atoms with van der Waals surface area (Å²) in [5, 5.41) is 0. The molecule has 0 saturated carbocycles. The highest BCUT2D eigenvalue weighted by Crippen LogP contribution is 2.25. The second-order valence-corrected chi connectivity index (χ2v) is 7.76. The number of halogens is 1. The molecule has 1 aromatic carbocycles. The maximum absolute atomic E-state index is 12.4. The van der Waals surface area contributed by atoms with Crippen molar-refractivity contribution >= 4 is 37.3 Å². The lowest BCUT2D eigenvalue weighted by atomic mass is 10.1. The van der Waals surface area contributed by atoms with Gasteiger partial charge in [-0.3, -0.25) is 4.98 Å². The quantitative estimate of drug-likeness (QED) is 0.838. The molecule has 1 aromatic heterocycles. The number of nitrogens with one attached hydrogen (secondary N) is 1. The Hall–Kier alpha value is -0.800. The van der Waals surface area contributed by atoms with Gasteiger partial charge in [0.15, 0.2) is 0 Å². The lowest BCUT2D eigenvalue weighted by Crippen LogP contribution is -2.24. The molecule has 0 aliphatic rings. The van der Waals surface area contributed by atoms with Gasteiger partial charge in [-0.15, -0.1) is 11.3 Å². The summed E-state index contributed by atoms with van der Waals surface area (Å²) < 4.78 is 28.1. The fourth-order valence-electron chi connectivity index (χ4n) is 1.68. The van der Waals surface area contributed by atoms with E-state index in [9.17, 15) is 8.42 Å². The highest BCUT2D eigenvalue weighted by atomic mass is 79.9. The summed E-state index contributed by atoms with van der Waals surface area (Å²) >= 11 is 4.77. The average Bonchev–Trinajstić information content (AvgIpc) is 2.92. The van der Waals surface area contributed by atoms with Crippen molar-refractivity contribution in [2.45, 2.75) is 24.9 Å². The molecule has 8 heteroatoms. The first-order valence-electron chi connectivity index (χ1n) is 5.80. The molecule has 1 heterocycles. The predicted octanol–water partition coefficient (Wildman–Crippen LogP) is 2.15. The predicted molar refractivity (Wildman–Crippen MR) is 82.9 cm³/mol. The lowest BCUT2D eigenvalue weighted by Gasteiger charge is -2.12. The molecule has 0 amide bonds. The smallest absolute Gasteiger partial charge is 0.241 e. The van der Waals surface area contributed by atoms with Crippen molar-refractivity contribution in [3.8, 4) is 0 Å². The molecule has 0 spiro atoms. The number of thiazole rings is 1. The van der Waals surface area contributed by atoms with Gasteiger partial charge < -0.3 is 5.73 Å². The summed E-state index contributed by atoms with van der Waals surface area (Å²) in [5.41, 5.74) is 8.69. The van der Waals surface area contributed by atoms with Gasteiger partial charge in [0.25, 0.3) is 0 Å². The first-order valence-corrected chi connectivity index (χ1v) is 8.95. The van der Waals surface area contributed by atoms with Crippen molar-refractivity contribution in [3.63, 3.8) is 0 Å². The van der Waals surface area contributed by atoms with E-state index >= 15 is 0 Å². The molecule has 2 aromatic rings. The molecule has 0 radical (unpaired) electrons. The minimum absolute atomic E-state index is 0.233. The summed E-state index contributed by atoms with van der Waals surface area (Å²) in [4.78, 5) is 5.02. The van der Waals surface area contributed by atoms with E-state index in [1.54, 1.807) is 24.7 Å². The van der Waals surface area contributed by atoms with Crippen molar-refractivity contribution in [2.24, 2.45) is 5.73 Å². The number of rotatable bonds is 5. The number of hydrogen-bond acceptors (Lipinski definition) is 5. The van der Waals surface area contributed by atoms with Crippen LogP contribution in [0.1, 0.15) is 16.0 Å². The largest absolute Gasteiger partial charge is 0.326 e. The second-order valence-electron chi connectivity index (χ2n) is 4.20. The maximum atomic E-state index is 12.4. The maximum Gasteiger partial charge on any atom is 0.241 e. The van der Waals surface area contributed by atoms with Crippen LogP contribution in [0.4, 0.5) is 0 Å². The molecule has 0 fully saturated rings. The van der Waals surface area contributed by atoms with Crippen LogP contribution in [-0.4, -0.2) is 13.4 Å². The van der Waals surface area contributed by atoms with Crippen molar-refractivity contribution in [1.29, 1.82) is 0 Å². The van der Waals surface area contributed by atoms with Crippen molar-refractivity contribution in [3.05, 3.63) is 44.3 Å². The van der Waals surface area contributed by atoms with Crippen LogP contribution >= 0.6 is 27.3 Å². The van der Waals surface area contributed by atoms with E-state index in [4.69, 9.17) is 5.73 Å². The van der Waals surface area contributed by atoms with Gasteiger partial charge in [-0.05, 0) is 30.2 Å². The van der Waals surface area contributed by atoms with Gasteiger partial charge in [0.1, 0.15) is 0 Å². The van der Waals surface area contributed by atoms with E-state index in [0.717, 1.165) is 14.9 Å². The Balaban J connectivity index is 2.31. The van der Waals surface area contributed by atoms with Gasteiger partial charge in [-0.1, -0.05) is 15.9 Å². The van der Waals surface area contributed by atoms with E-state index in [-0.39, 0.29) is 18.0 Å². The van der Waals surface area contributed by atoms with Crippen molar-refractivity contribution in [1.82, 2.24) is 9.71 Å². The van der Waals surface area contributed by atoms with Crippen LogP contribution in [0.3, 0.4) is 0 Å². The number of benzene rings is 1. The minimum Gasteiger partial charge on any atom is -0.326 e. The van der Waals surface area contributed by atoms with Crippen LogP contribution in [0, 0.1) is 6.92 Å². The summed E-state index contributed by atoms with van der Waals surface area (Å²) in [6.07, 6.45) is 1.65. The topological polar surface area (TPSA) is 85.1 Å². The Morgan fingerprint density at radius 1 is 1.45 bits per heavy atom. The Morgan fingerprint density at radius 3 is 2.80 bits per heavy atom. The zero-order valence-electron chi connectivity index (χ0n) is 10.8. The van der Waals surface area contributed by atoms with Gasteiger partial charge in [-0.25, -0.2) is 13.1 Å². The Bertz CT molecular complexity index is 700. The van der Waals surface area contributed by atoms with Crippen LogP contribution in [0.2, 0.25) is 0 Å². The molecule has 5 nitrogen and oxygen atoms in total. The zero-order chi connectivity index (χ0) is 14.8. The molecular formula is C12H14BrN3O2S2. The fourth-order valence-corrected chi connectivity index (χ4v) is 4.26. The SMILES string of the molecule is Cc1c(Br)cc(CN)cc1S(=O)(=O)NCc1cncs1. The number of nitrogens with two attached hydrogens (primary N) is 1. The summed E-state index contributed by atoms with van der Waals surface area (Å²) in [5.74, 6) is 0. The monoisotopic (exact) mass is 375 g/mol. The molecule has 0 bridgehead atoms.